The van der Waals surface area contributed by atoms with E-state index in [9.17, 15) is 4.79 Å². The predicted molar refractivity (Wildman–Crippen MR) is 67.3 cm³/mol. The first-order chi connectivity index (χ1) is 6.68. The molecule has 0 bridgehead atoms. The van der Waals surface area contributed by atoms with Gasteiger partial charge < -0.3 is 10.0 Å². The van der Waals surface area contributed by atoms with E-state index in [4.69, 9.17) is 5.11 Å². The van der Waals surface area contributed by atoms with E-state index >= 15 is 0 Å². The maximum atomic E-state index is 10.3. The quantitative estimate of drug-likeness (QED) is 0.884. The molecule has 0 aliphatic rings. The fourth-order valence-electron chi connectivity index (χ4n) is 1.17. The van der Waals surface area contributed by atoms with Crippen molar-refractivity contribution in [1.82, 2.24) is 9.88 Å². The van der Waals surface area contributed by atoms with E-state index in [-0.39, 0.29) is 31.2 Å². The zero-order valence-corrected chi connectivity index (χ0v) is 10.6. The van der Waals surface area contributed by atoms with Gasteiger partial charge in [0.2, 0.25) is 0 Å². The molecular weight excluding hydrogens is 251 g/mol. The van der Waals surface area contributed by atoms with Crippen LogP contribution < -0.4 is 0 Å². The fourth-order valence-corrected chi connectivity index (χ4v) is 1.17. The summed E-state index contributed by atoms with van der Waals surface area (Å²) in [6.45, 7) is 1.30. The molecule has 1 rings (SSSR count). The molecule has 1 N–H and O–H groups in total. The van der Waals surface area contributed by atoms with E-state index in [0.29, 0.717) is 6.54 Å². The molecule has 0 saturated heterocycles. The van der Waals surface area contributed by atoms with Crippen LogP contribution in [0.2, 0.25) is 0 Å². The molecule has 0 fully saturated rings. The highest BCUT2D eigenvalue weighted by Gasteiger charge is 2.02. The Labute approximate surface area is 107 Å². The SMILES string of the molecule is CN(CCC(=O)O)Cc1cccnc1.Cl.Cl. The van der Waals surface area contributed by atoms with Gasteiger partial charge in [-0.05, 0) is 18.7 Å². The van der Waals surface area contributed by atoms with Crippen LogP contribution >= 0.6 is 24.8 Å². The summed E-state index contributed by atoms with van der Waals surface area (Å²) in [4.78, 5) is 16.3. The van der Waals surface area contributed by atoms with Crippen LogP contribution in [0.4, 0.5) is 0 Å². The van der Waals surface area contributed by atoms with Crippen LogP contribution in [0.25, 0.3) is 0 Å². The average Bonchev–Trinajstić information content (AvgIpc) is 2.16. The number of aromatic nitrogens is 1. The summed E-state index contributed by atoms with van der Waals surface area (Å²) >= 11 is 0. The van der Waals surface area contributed by atoms with Crippen LogP contribution in [-0.2, 0) is 11.3 Å². The smallest absolute Gasteiger partial charge is 0.304 e. The maximum Gasteiger partial charge on any atom is 0.304 e. The highest BCUT2D eigenvalue weighted by molar-refractivity contribution is 5.85. The Morgan fingerprint density at radius 2 is 2.19 bits per heavy atom. The molecule has 4 nitrogen and oxygen atoms in total. The predicted octanol–water partition coefficient (Wildman–Crippen LogP) is 1.83. The molecule has 0 aliphatic carbocycles. The molecular formula is C10H16Cl2N2O2. The number of pyridine rings is 1. The second kappa shape index (κ2) is 9.39. The van der Waals surface area contributed by atoms with Crippen molar-refractivity contribution in [3.8, 4) is 0 Å². The van der Waals surface area contributed by atoms with Gasteiger partial charge in [-0.3, -0.25) is 9.78 Å². The van der Waals surface area contributed by atoms with Gasteiger partial charge in [-0.15, -0.1) is 24.8 Å². The third-order valence-electron chi connectivity index (χ3n) is 1.88. The normalized spacial score (nSPS) is 9.12. The van der Waals surface area contributed by atoms with Crippen molar-refractivity contribution in [1.29, 1.82) is 0 Å². The summed E-state index contributed by atoms with van der Waals surface area (Å²) < 4.78 is 0. The van der Waals surface area contributed by atoms with E-state index in [0.717, 1.165) is 12.1 Å². The molecule has 0 amide bonds. The molecule has 0 saturated carbocycles. The molecule has 16 heavy (non-hydrogen) atoms. The van der Waals surface area contributed by atoms with Gasteiger partial charge in [0.05, 0.1) is 6.42 Å². The van der Waals surface area contributed by atoms with E-state index < -0.39 is 5.97 Å². The third-order valence-corrected chi connectivity index (χ3v) is 1.88. The molecule has 1 aromatic rings. The van der Waals surface area contributed by atoms with Crippen LogP contribution in [0.15, 0.2) is 24.5 Å². The summed E-state index contributed by atoms with van der Waals surface area (Å²) in [5, 5.41) is 8.49. The minimum atomic E-state index is -0.761. The van der Waals surface area contributed by atoms with E-state index in [1.807, 2.05) is 24.1 Å². The standard InChI is InChI=1S/C10H14N2O2.2ClH/c1-12(6-4-10(13)14)8-9-3-2-5-11-7-9;;/h2-3,5,7H,4,6,8H2,1H3,(H,13,14);2*1H. The van der Waals surface area contributed by atoms with Gasteiger partial charge in [0.1, 0.15) is 0 Å². The second-order valence-electron chi connectivity index (χ2n) is 3.24. The van der Waals surface area contributed by atoms with Gasteiger partial charge in [-0.1, -0.05) is 6.07 Å². The lowest BCUT2D eigenvalue weighted by Crippen LogP contribution is -2.21. The molecule has 0 unspecified atom stereocenters. The van der Waals surface area contributed by atoms with Crippen LogP contribution in [0.5, 0.6) is 0 Å². The lowest BCUT2D eigenvalue weighted by atomic mass is 10.2. The van der Waals surface area contributed by atoms with Gasteiger partial charge in [0.25, 0.3) is 0 Å². The van der Waals surface area contributed by atoms with Gasteiger partial charge >= 0.3 is 5.97 Å². The first-order valence-electron chi connectivity index (χ1n) is 4.47. The van der Waals surface area contributed by atoms with Crippen LogP contribution in [0.3, 0.4) is 0 Å². The number of carbonyl (C=O) groups is 1. The van der Waals surface area contributed by atoms with Crippen LogP contribution in [-0.4, -0.2) is 34.6 Å². The number of nitrogens with zero attached hydrogens (tertiary/aromatic N) is 2. The second-order valence-corrected chi connectivity index (χ2v) is 3.24. The monoisotopic (exact) mass is 266 g/mol. The molecule has 0 atom stereocenters. The molecule has 1 aromatic heterocycles. The first kappa shape index (κ1) is 17.6. The first-order valence-corrected chi connectivity index (χ1v) is 4.47. The topological polar surface area (TPSA) is 53.4 Å². The number of halogens is 2. The summed E-state index contributed by atoms with van der Waals surface area (Å²) in [5.74, 6) is -0.761. The number of hydrogen-bond donors (Lipinski definition) is 1. The Balaban J connectivity index is 0. The van der Waals surface area contributed by atoms with Gasteiger partial charge in [0.15, 0.2) is 0 Å². The minimum Gasteiger partial charge on any atom is -0.481 e. The summed E-state index contributed by atoms with van der Waals surface area (Å²) in [7, 11) is 1.90. The highest BCUT2D eigenvalue weighted by atomic mass is 35.5. The number of aliphatic carboxylic acids is 1. The summed E-state index contributed by atoms with van der Waals surface area (Å²) in [6, 6.07) is 3.85. The van der Waals surface area contributed by atoms with E-state index in [1.165, 1.54) is 0 Å². The lowest BCUT2D eigenvalue weighted by molar-refractivity contribution is -0.137. The molecule has 92 valence electrons. The summed E-state index contributed by atoms with van der Waals surface area (Å²) in [5.41, 5.74) is 1.10. The zero-order valence-electron chi connectivity index (χ0n) is 9.00. The highest BCUT2D eigenvalue weighted by Crippen LogP contribution is 2.00. The Kier molecular flexibility index (Phi) is 10.3. The maximum absolute atomic E-state index is 10.3. The molecule has 0 radical (unpaired) electrons. The Hall–Kier alpha value is -0.840. The van der Waals surface area contributed by atoms with Crippen molar-refractivity contribution in [2.75, 3.05) is 13.6 Å². The van der Waals surface area contributed by atoms with Crippen molar-refractivity contribution in [2.24, 2.45) is 0 Å². The van der Waals surface area contributed by atoms with Crippen molar-refractivity contribution >= 4 is 30.8 Å². The Morgan fingerprint density at radius 3 is 2.69 bits per heavy atom. The van der Waals surface area contributed by atoms with Gasteiger partial charge in [-0.2, -0.15) is 0 Å². The number of carboxylic acid groups (broad SMARTS) is 1. The third kappa shape index (κ3) is 7.45. The van der Waals surface area contributed by atoms with Crippen molar-refractivity contribution < 1.29 is 9.90 Å². The number of rotatable bonds is 5. The van der Waals surface area contributed by atoms with E-state index in [1.54, 1.807) is 12.4 Å². The van der Waals surface area contributed by atoms with Gasteiger partial charge in [0, 0.05) is 25.5 Å². The molecule has 0 aromatic carbocycles. The van der Waals surface area contributed by atoms with Crippen molar-refractivity contribution in [3.05, 3.63) is 30.1 Å². The molecule has 1 heterocycles. The lowest BCUT2D eigenvalue weighted by Gasteiger charge is -2.14. The van der Waals surface area contributed by atoms with E-state index in [2.05, 4.69) is 4.98 Å². The Bertz CT molecular complexity index is 296. The summed E-state index contributed by atoms with van der Waals surface area (Å²) in [6.07, 6.45) is 3.69. The zero-order chi connectivity index (χ0) is 10.4. The molecule has 0 aliphatic heterocycles. The Morgan fingerprint density at radius 1 is 1.50 bits per heavy atom. The largest absolute Gasteiger partial charge is 0.481 e. The number of carboxylic acids is 1. The van der Waals surface area contributed by atoms with Gasteiger partial charge in [-0.25, -0.2) is 0 Å². The van der Waals surface area contributed by atoms with Crippen LogP contribution in [0, 0.1) is 0 Å². The molecule has 0 spiro atoms. The van der Waals surface area contributed by atoms with Crippen LogP contribution in [0.1, 0.15) is 12.0 Å². The fraction of sp³-hybridized carbons (Fsp3) is 0.400. The number of hydrogen-bond acceptors (Lipinski definition) is 3. The van der Waals surface area contributed by atoms with Crippen molar-refractivity contribution in [2.45, 2.75) is 13.0 Å². The van der Waals surface area contributed by atoms with Crippen molar-refractivity contribution in [3.63, 3.8) is 0 Å². The minimum absolute atomic E-state index is 0. The average molecular weight is 267 g/mol. The molecule has 6 heteroatoms.